The molecule has 0 aliphatic carbocycles. The molecule has 0 fully saturated rings. The topological polar surface area (TPSA) is 71.2 Å². The van der Waals surface area contributed by atoms with Crippen molar-refractivity contribution in [3.63, 3.8) is 0 Å². The molecule has 20 heavy (non-hydrogen) atoms. The third-order valence-electron chi connectivity index (χ3n) is 3.09. The average Bonchev–Trinajstić information content (AvgIpc) is 2.84. The number of aromatic nitrogens is 3. The van der Waals surface area contributed by atoms with Crippen molar-refractivity contribution < 1.29 is 9.90 Å². The van der Waals surface area contributed by atoms with Gasteiger partial charge in [-0.15, -0.1) is 5.10 Å². The largest absolute Gasteiger partial charge is 0.478 e. The molecule has 0 saturated carbocycles. The maximum Gasteiger partial charge on any atom is 0.335 e. The van der Waals surface area contributed by atoms with Gasteiger partial charge in [-0.05, 0) is 24.2 Å². The van der Waals surface area contributed by atoms with Crippen LogP contribution in [0.4, 0.5) is 0 Å². The van der Waals surface area contributed by atoms with E-state index < -0.39 is 5.97 Å². The van der Waals surface area contributed by atoms with Crippen LogP contribution in [0.25, 0.3) is 0 Å². The minimum Gasteiger partial charge on any atom is -0.478 e. The Morgan fingerprint density at radius 1 is 1.30 bits per heavy atom. The quantitative estimate of drug-likeness (QED) is 0.865. The fourth-order valence-corrected chi connectivity index (χ4v) is 1.99. The van der Waals surface area contributed by atoms with Crippen molar-refractivity contribution in [2.75, 3.05) is 6.54 Å². The van der Waals surface area contributed by atoms with E-state index in [1.165, 1.54) is 0 Å². The average molecular weight is 274 g/mol. The predicted octanol–water partition coefficient (Wildman–Crippen LogP) is 1.54. The molecule has 2 rings (SSSR count). The number of carbonyl (C=O) groups is 1. The van der Waals surface area contributed by atoms with E-state index in [2.05, 4.69) is 22.1 Å². The second kappa shape index (κ2) is 6.29. The summed E-state index contributed by atoms with van der Waals surface area (Å²) in [5.74, 6) is -0.900. The van der Waals surface area contributed by atoms with Crippen LogP contribution in [-0.4, -0.2) is 37.5 Å². The van der Waals surface area contributed by atoms with Gasteiger partial charge in [-0.2, -0.15) is 0 Å². The van der Waals surface area contributed by atoms with E-state index in [-0.39, 0.29) is 0 Å². The molecule has 6 nitrogen and oxygen atoms in total. The summed E-state index contributed by atoms with van der Waals surface area (Å²) in [5.41, 5.74) is 2.32. The van der Waals surface area contributed by atoms with E-state index in [1.54, 1.807) is 16.8 Å². The number of rotatable bonds is 6. The zero-order valence-corrected chi connectivity index (χ0v) is 11.7. The van der Waals surface area contributed by atoms with Crippen LogP contribution >= 0.6 is 0 Å². The van der Waals surface area contributed by atoms with Crippen LogP contribution in [0.15, 0.2) is 30.5 Å². The van der Waals surface area contributed by atoms with Crippen molar-refractivity contribution >= 4 is 5.97 Å². The summed E-state index contributed by atoms with van der Waals surface area (Å²) >= 11 is 0. The normalized spacial score (nSPS) is 10.9. The Hall–Kier alpha value is -2.21. The van der Waals surface area contributed by atoms with Gasteiger partial charge >= 0.3 is 5.97 Å². The molecule has 0 bridgehead atoms. The zero-order chi connectivity index (χ0) is 14.5. The van der Waals surface area contributed by atoms with E-state index in [1.807, 2.05) is 25.4 Å². The lowest BCUT2D eigenvalue weighted by atomic mass is 10.1. The summed E-state index contributed by atoms with van der Waals surface area (Å²) in [6, 6.07) is 6.97. The highest BCUT2D eigenvalue weighted by Crippen LogP contribution is 2.10. The first kappa shape index (κ1) is 14.2. The highest BCUT2D eigenvalue weighted by atomic mass is 16.4. The van der Waals surface area contributed by atoms with Crippen molar-refractivity contribution in [3.05, 3.63) is 47.3 Å². The summed E-state index contributed by atoms with van der Waals surface area (Å²) in [5, 5.41) is 16.9. The monoisotopic (exact) mass is 274 g/mol. The van der Waals surface area contributed by atoms with Gasteiger partial charge in [-0.1, -0.05) is 24.3 Å². The first-order chi connectivity index (χ1) is 9.58. The predicted molar refractivity (Wildman–Crippen MR) is 74.2 cm³/mol. The van der Waals surface area contributed by atoms with Crippen molar-refractivity contribution in [1.82, 2.24) is 19.9 Å². The van der Waals surface area contributed by atoms with Gasteiger partial charge in [0.2, 0.25) is 0 Å². The second-order valence-corrected chi connectivity index (χ2v) is 4.69. The summed E-state index contributed by atoms with van der Waals surface area (Å²) in [6.45, 7) is 4.46. The van der Waals surface area contributed by atoms with Gasteiger partial charge in [0.25, 0.3) is 0 Å². The summed E-state index contributed by atoms with van der Waals surface area (Å²) < 4.78 is 1.69. The molecule has 106 valence electrons. The van der Waals surface area contributed by atoms with Crippen molar-refractivity contribution in [2.24, 2.45) is 7.05 Å². The van der Waals surface area contributed by atoms with Crippen LogP contribution in [-0.2, 0) is 20.1 Å². The molecule has 0 aliphatic rings. The number of aryl methyl sites for hydroxylation is 1. The Morgan fingerprint density at radius 2 is 2.00 bits per heavy atom. The van der Waals surface area contributed by atoms with Gasteiger partial charge in [0, 0.05) is 26.3 Å². The highest BCUT2D eigenvalue weighted by molar-refractivity contribution is 5.87. The van der Waals surface area contributed by atoms with Gasteiger partial charge in [0.1, 0.15) is 0 Å². The number of aromatic carboxylic acids is 1. The molecule has 0 amide bonds. The minimum absolute atomic E-state index is 0.311. The fourth-order valence-electron chi connectivity index (χ4n) is 1.99. The van der Waals surface area contributed by atoms with Crippen LogP contribution in [0.2, 0.25) is 0 Å². The number of carboxylic acid groups (broad SMARTS) is 1. The maximum atomic E-state index is 10.8. The van der Waals surface area contributed by atoms with Gasteiger partial charge < -0.3 is 5.11 Å². The first-order valence-electron chi connectivity index (χ1n) is 6.48. The molecule has 1 heterocycles. The Morgan fingerprint density at radius 3 is 2.50 bits per heavy atom. The number of benzene rings is 1. The molecule has 0 spiro atoms. The molecule has 1 aromatic heterocycles. The standard InChI is InChI=1S/C14H18N4O2/c1-3-18(10-13-9-17(2)16-15-13)8-11-4-6-12(7-5-11)14(19)20/h4-7,9H,3,8,10H2,1-2H3,(H,19,20). The van der Waals surface area contributed by atoms with Crippen LogP contribution in [0.3, 0.4) is 0 Å². The Labute approximate surface area is 117 Å². The summed E-state index contributed by atoms with van der Waals surface area (Å²) in [6.07, 6.45) is 1.90. The van der Waals surface area contributed by atoms with Gasteiger partial charge in [0.05, 0.1) is 11.3 Å². The smallest absolute Gasteiger partial charge is 0.335 e. The molecule has 1 N–H and O–H groups in total. The number of carboxylic acids is 1. The van der Waals surface area contributed by atoms with Gasteiger partial charge in [0.15, 0.2) is 0 Å². The Kier molecular flexibility index (Phi) is 4.47. The lowest BCUT2D eigenvalue weighted by Crippen LogP contribution is -2.22. The fraction of sp³-hybridized carbons (Fsp3) is 0.357. The lowest BCUT2D eigenvalue weighted by molar-refractivity contribution is 0.0697. The molecule has 2 aromatic rings. The number of nitrogens with zero attached hydrogens (tertiary/aromatic N) is 4. The number of hydrogen-bond donors (Lipinski definition) is 1. The first-order valence-corrected chi connectivity index (χ1v) is 6.48. The van der Waals surface area contributed by atoms with Crippen LogP contribution in [0.5, 0.6) is 0 Å². The lowest BCUT2D eigenvalue weighted by Gasteiger charge is -2.19. The van der Waals surface area contributed by atoms with E-state index in [0.29, 0.717) is 5.56 Å². The molecule has 0 radical (unpaired) electrons. The Balaban J connectivity index is 2.00. The van der Waals surface area contributed by atoms with Gasteiger partial charge in [-0.25, -0.2) is 4.79 Å². The third kappa shape index (κ3) is 3.64. The van der Waals surface area contributed by atoms with E-state index in [0.717, 1.165) is 30.9 Å². The zero-order valence-electron chi connectivity index (χ0n) is 11.7. The molecule has 0 atom stereocenters. The summed E-state index contributed by atoms with van der Waals surface area (Å²) in [7, 11) is 1.84. The molecule has 0 aliphatic heterocycles. The van der Waals surface area contributed by atoms with Crippen molar-refractivity contribution in [3.8, 4) is 0 Å². The van der Waals surface area contributed by atoms with Crippen molar-refractivity contribution in [1.29, 1.82) is 0 Å². The molecular formula is C14H18N4O2. The Bertz CT molecular complexity index is 577. The van der Waals surface area contributed by atoms with E-state index >= 15 is 0 Å². The maximum absolute atomic E-state index is 10.8. The van der Waals surface area contributed by atoms with Gasteiger partial charge in [-0.3, -0.25) is 9.58 Å². The number of hydrogen-bond acceptors (Lipinski definition) is 4. The molecule has 1 aromatic carbocycles. The molecule has 6 heteroatoms. The SMILES string of the molecule is CCN(Cc1ccc(C(=O)O)cc1)Cc1cn(C)nn1. The minimum atomic E-state index is -0.900. The highest BCUT2D eigenvalue weighted by Gasteiger charge is 2.08. The second-order valence-electron chi connectivity index (χ2n) is 4.69. The van der Waals surface area contributed by atoms with Crippen LogP contribution in [0.1, 0.15) is 28.5 Å². The van der Waals surface area contributed by atoms with E-state index in [4.69, 9.17) is 5.11 Å². The van der Waals surface area contributed by atoms with Crippen LogP contribution < -0.4 is 0 Å². The molecule has 0 unspecified atom stereocenters. The van der Waals surface area contributed by atoms with Crippen molar-refractivity contribution in [2.45, 2.75) is 20.0 Å². The molecule has 0 saturated heterocycles. The van der Waals surface area contributed by atoms with Crippen LogP contribution in [0, 0.1) is 0 Å². The summed E-state index contributed by atoms with van der Waals surface area (Å²) in [4.78, 5) is 13.0. The molecular weight excluding hydrogens is 256 g/mol. The van der Waals surface area contributed by atoms with E-state index in [9.17, 15) is 4.79 Å². The third-order valence-corrected chi connectivity index (χ3v) is 3.09.